The normalized spacial score (nSPS) is 18.2. The largest absolute Gasteiger partial charge is 0.454 e. The van der Waals surface area contributed by atoms with E-state index in [0.29, 0.717) is 36.7 Å². The molecule has 6 heteroatoms. The minimum atomic E-state index is -0.0585. The maximum atomic E-state index is 12.9. The van der Waals surface area contributed by atoms with Crippen molar-refractivity contribution in [1.29, 1.82) is 0 Å². The summed E-state index contributed by atoms with van der Waals surface area (Å²) in [4.78, 5) is 31.6. The SMILES string of the molecule is CC(C)CC(=O)[C@H]1CCCN(C(=O)c2ccc(-c3ccc4c(c3)OCO4)nc2)C1. The van der Waals surface area contributed by atoms with Gasteiger partial charge < -0.3 is 14.4 Å². The van der Waals surface area contributed by atoms with Crippen LogP contribution in [0.4, 0.5) is 0 Å². The smallest absolute Gasteiger partial charge is 0.255 e. The van der Waals surface area contributed by atoms with Gasteiger partial charge in [0.1, 0.15) is 5.78 Å². The summed E-state index contributed by atoms with van der Waals surface area (Å²) in [5, 5.41) is 0. The Labute approximate surface area is 170 Å². The fourth-order valence-corrected chi connectivity index (χ4v) is 3.92. The van der Waals surface area contributed by atoms with Gasteiger partial charge in [0.05, 0.1) is 11.3 Å². The molecule has 2 aliphatic heterocycles. The van der Waals surface area contributed by atoms with Gasteiger partial charge in [-0.2, -0.15) is 0 Å². The standard InChI is InChI=1S/C23H26N2O4/c1-15(2)10-20(26)18-4-3-9-25(13-18)23(27)17-5-7-19(24-12-17)16-6-8-21-22(11-16)29-14-28-21/h5-8,11-12,15,18H,3-4,9-10,13-14H2,1-2H3/t18-/m0/s1. The van der Waals surface area contributed by atoms with Gasteiger partial charge in [0, 0.05) is 37.2 Å². The van der Waals surface area contributed by atoms with E-state index in [1.807, 2.05) is 24.3 Å². The molecule has 1 aromatic heterocycles. The zero-order valence-electron chi connectivity index (χ0n) is 16.9. The maximum absolute atomic E-state index is 12.9. The summed E-state index contributed by atoms with van der Waals surface area (Å²) < 4.78 is 10.8. The van der Waals surface area contributed by atoms with Crippen LogP contribution in [0.1, 0.15) is 43.5 Å². The highest BCUT2D eigenvalue weighted by molar-refractivity contribution is 5.94. The minimum absolute atomic E-state index is 0.0454. The number of nitrogens with zero attached hydrogens (tertiary/aromatic N) is 2. The quantitative estimate of drug-likeness (QED) is 0.768. The number of hydrogen-bond acceptors (Lipinski definition) is 5. The number of pyridine rings is 1. The molecule has 4 rings (SSSR count). The fraction of sp³-hybridized carbons (Fsp3) is 0.435. The van der Waals surface area contributed by atoms with Crippen molar-refractivity contribution in [3.05, 3.63) is 42.1 Å². The lowest BCUT2D eigenvalue weighted by Crippen LogP contribution is -2.42. The molecule has 0 spiro atoms. The Hall–Kier alpha value is -2.89. The molecule has 152 valence electrons. The first-order valence-electron chi connectivity index (χ1n) is 10.2. The van der Waals surface area contributed by atoms with Crippen LogP contribution < -0.4 is 9.47 Å². The molecule has 1 saturated heterocycles. The van der Waals surface area contributed by atoms with E-state index in [1.165, 1.54) is 0 Å². The number of ketones is 1. The number of piperidine rings is 1. The van der Waals surface area contributed by atoms with Gasteiger partial charge in [-0.3, -0.25) is 14.6 Å². The number of hydrogen-bond donors (Lipinski definition) is 0. The predicted molar refractivity (Wildman–Crippen MR) is 109 cm³/mol. The number of aromatic nitrogens is 1. The Morgan fingerprint density at radius 2 is 2.00 bits per heavy atom. The molecule has 0 unspecified atom stereocenters. The average molecular weight is 394 g/mol. The third kappa shape index (κ3) is 4.26. The molecule has 1 fully saturated rings. The van der Waals surface area contributed by atoms with E-state index in [2.05, 4.69) is 18.8 Å². The number of ether oxygens (including phenoxy) is 2. The van der Waals surface area contributed by atoms with Crippen LogP contribution in [0.5, 0.6) is 11.5 Å². The number of rotatable bonds is 5. The molecular formula is C23H26N2O4. The van der Waals surface area contributed by atoms with Gasteiger partial charge in [0.25, 0.3) is 5.91 Å². The molecule has 6 nitrogen and oxygen atoms in total. The maximum Gasteiger partial charge on any atom is 0.255 e. The number of carbonyl (C=O) groups excluding carboxylic acids is 2. The summed E-state index contributed by atoms with van der Waals surface area (Å²) in [7, 11) is 0. The molecule has 1 amide bonds. The molecule has 1 aromatic carbocycles. The number of benzene rings is 1. The summed E-state index contributed by atoms with van der Waals surface area (Å²) in [6.07, 6.45) is 3.93. The minimum Gasteiger partial charge on any atom is -0.454 e. The van der Waals surface area contributed by atoms with Crippen LogP contribution in [0.3, 0.4) is 0 Å². The number of Topliss-reactive ketones (excluding diaryl/α,β-unsaturated/α-hetero) is 1. The van der Waals surface area contributed by atoms with Gasteiger partial charge in [-0.25, -0.2) is 0 Å². The lowest BCUT2D eigenvalue weighted by Gasteiger charge is -2.32. The van der Waals surface area contributed by atoms with Crippen LogP contribution in [0, 0.1) is 11.8 Å². The van der Waals surface area contributed by atoms with E-state index < -0.39 is 0 Å². The number of carbonyl (C=O) groups is 2. The van der Waals surface area contributed by atoms with Crippen molar-refractivity contribution in [2.75, 3.05) is 19.9 Å². The summed E-state index contributed by atoms with van der Waals surface area (Å²) in [5.74, 6) is 1.95. The topological polar surface area (TPSA) is 68.7 Å². The first-order valence-corrected chi connectivity index (χ1v) is 10.2. The van der Waals surface area contributed by atoms with Gasteiger partial charge >= 0.3 is 0 Å². The highest BCUT2D eigenvalue weighted by atomic mass is 16.7. The molecule has 29 heavy (non-hydrogen) atoms. The number of fused-ring (bicyclic) bond motifs is 1. The van der Waals surface area contributed by atoms with Crippen LogP contribution in [0.25, 0.3) is 11.3 Å². The second-order valence-electron chi connectivity index (χ2n) is 8.15. The number of likely N-dealkylation sites (tertiary alicyclic amines) is 1. The molecule has 0 aliphatic carbocycles. The lowest BCUT2D eigenvalue weighted by atomic mass is 9.89. The van der Waals surface area contributed by atoms with Gasteiger partial charge in [-0.1, -0.05) is 13.8 Å². The summed E-state index contributed by atoms with van der Waals surface area (Å²) in [5.41, 5.74) is 2.22. The monoisotopic (exact) mass is 394 g/mol. The summed E-state index contributed by atoms with van der Waals surface area (Å²) in [6.45, 7) is 5.53. The van der Waals surface area contributed by atoms with Gasteiger partial charge in [0.2, 0.25) is 6.79 Å². The predicted octanol–water partition coefficient (Wildman–Crippen LogP) is 3.94. The molecule has 0 radical (unpaired) electrons. The average Bonchev–Trinajstić information content (AvgIpc) is 3.21. The van der Waals surface area contributed by atoms with Crippen LogP contribution in [-0.4, -0.2) is 41.5 Å². The van der Waals surface area contributed by atoms with Crippen molar-refractivity contribution in [3.63, 3.8) is 0 Å². The van der Waals surface area contributed by atoms with Crippen molar-refractivity contribution < 1.29 is 19.1 Å². The fourth-order valence-electron chi connectivity index (χ4n) is 3.92. The lowest BCUT2D eigenvalue weighted by molar-refractivity contribution is -0.124. The van der Waals surface area contributed by atoms with Crippen molar-refractivity contribution in [1.82, 2.24) is 9.88 Å². The highest BCUT2D eigenvalue weighted by Gasteiger charge is 2.29. The van der Waals surface area contributed by atoms with E-state index >= 15 is 0 Å². The van der Waals surface area contributed by atoms with Crippen LogP contribution in [-0.2, 0) is 4.79 Å². The van der Waals surface area contributed by atoms with Crippen LogP contribution >= 0.6 is 0 Å². The Bertz CT molecular complexity index is 908. The van der Waals surface area contributed by atoms with E-state index in [0.717, 1.165) is 29.8 Å². The Kier molecular flexibility index (Phi) is 5.51. The molecule has 0 N–H and O–H groups in total. The van der Waals surface area contributed by atoms with Crippen molar-refractivity contribution in [3.8, 4) is 22.8 Å². The zero-order valence-corrected chi connectivity index (χ0v) is 16.9. The van der Waals surface area contributed by atoms with Crippen LogP contribution in [0.2, 0.25) is 0 Å². The first kappa shape index (κ1) is 19.4. The molecule has 2 aromatic rings. The molecule has 0 saturated carbocycles. The third-order valence-corrected chi connectivity index (χ3v) is 5.45. The third-order valence-electron chi connectivity index (χ3n) is 5.45. The van der Waals surface area contributed by atoms with Gasteiger partial charge in [-0.05, 0) is 49.1 Å². The van der Waals surface area contributed by atoms with Crippen LogP contribution in [0.15, 0.2) is 36.5 Å². The highest BCUT2D eigenvalue weighted by Crippen LogP contribution is 2.35. The molecule has 3 heterocycles. The van der Waals surface area contributed by atoms with E-state index in [-0.39, 0.29) is 24.4 Å². The Morgan fingerprint density at radius 3 is 2.76 bits per heavy atom. The second kappa shape index (κ2) is 8.23. The van der Waals surface area contributed by atoms with Gasteiger partial charge in [-0.15, -0.1) is 0 Å². The molecule has 2 aliphatic rings. The zero-order chi connectivity index (χ0) is 20.4. The van der Waals surface area contributed by atoms with Crippen molar-refractivity contribution >= 4 is 11.7 Å². The van der Waals surface area contributed by atoms with Gasteiger partial charge in [0.15, 0.2) is 11.5 Å². The molecular weight excluding hydrogens is 368 g/mol. The van der Waals surface area contributed by atoms with E-state index in [9.17, 15) is 9.59 Å². The first-order chi connectivity index (χ1) is 14.0. The van der Waals surface area contributed by atoms with Crippen molar-refractivity contribution in [2.24, 2.45) is 11.8 Å². The van der Waals surface area contributed by atoms with Crippen molar-refractivity contribution in [2.45, 2.75) is 33.1 Å². The molecule has 0 bridgehead atoms. The Balaban J connectivity index is 1.44. The second-order valence-corrected chi connectivity index (χ2v) is 8.15. The Morgan fingerprint density at radius 1 is 1.17 bits per heavy atom. The summed E-state index contributed by atoms with van der Waals surface area (Å²) in [6, 6.07) is 9.32. The summed E-state index contributed by atoms with van der Waals surface area (Å²) >= 11 is 0. The van der Waals surface area contributed by atoms with E-state index in [4.69, 9.17) is 9.47 Å². The molecule has 1 atom stereocenters. The van der Waals surface area contributed by atoms with E-state index in [1.54, 1.807) is 17.2 Å². The number of amides is 1.